The van der Waals surface area contributed by atoms with Crippen LogP contribution >= 0.6 is 0 Å². The molecule has 1 aromatic heterocycles. The number of hydrogen-bond donors (Lipinski definition) is 1. The van der Waals surface area contributed by atoms with Crippen LogP contribution < -0.4 is 0 Å². The SMILES string of the molecule is CS(=O)(=O)c1ccc(S(=O)Cc2occc2C(=O)O)cc1. The lowest BCUT2D eigenvalue weighted by atomic mass is 10.3. The summed E-state index contributed by atoms with van der Waals surface area (Å²) in [4.78, 5) is 11.5. The number of aromatic carboxylic acids is 1. The van der Waals surface area contributed by atoms with Crippen molar-refractivity contribution >= 4 is 26.6 Å². The first-order valence-corrected chi connectivity index (χ1v) is 8.98. The van der Waals surface area contributed by atoms with Crippen LogP contribution in [-0.4, -0.2) is 30.0 Å². The summed E-state index contributed by atoms with van der Waals surface area (Å²) >= 11 is 0. The van der Waals surface area contributed by atoms with E-state index in [0.29, 0.717) is 4.90 Å². The lowest BCUT2D eigenvalue weighted by molar-refractivity contribution is 0.0695. The quantitative estimate of drug-likeness (QED) is 0.896. The minimum Gasteiger partial charge on any atom is -0.478 e. The highest BCUT2D eigenvalue weighted by atomic mass is 32.2. The highest BCUT2D eigenvalue weighted by molar-refractivity contribution is 7.90. The fraction of sp³-hybridized carbons (Fsp3) is 0.154. The van der Waals surface area contributed by atoms with Crippen LogP contribution in [0.1, 0.15) is 16.1 Å². The van der Waals surface area contributed by atoms with Crippen LogP contribution in [0.3, 0.4) is 0 Å². The highest BCUT2D eigenvalue weighted by Gasteiger charge is 2.17. The van der Waals surface area contributed by atoms with Crippen molar-refractivity contribution in [3.8, 4) is 0 Å². The van der Waals surface area contributed by atoms with Gasteiger partial charge in [-0.3, -0.25) is 4.21 Å². The fourth-order valence-corrected chi connectivity index (χ4v) is 3.38. The van der Waals surface area contributed by atoms with E-state index in [4.69, 9.17) is 9.52 Å². The molecule has 0 radical (unpaired) electrons. The molecular formula is C13H12O6S2. The predicted molar refractivity (Wildman–Crippen MR) is 75.3 cm³/mol. The van der Waals surface area contributed by atoms with Crippen LogP contribution in [0.5, 0.6) is 0 Å². The Balaban J connectivity index is 2.21. The van der Waals surface area contributed by atoms with E-state index < -0.39 is 26.6 Å². The minimum atomic E-state index is -3.31. The second-order valence-corrected chi connectivity index (χ2v) is 7.76. The van der Waals surface area contributed by atoms with Crippen molar-refractivity contribution in [3.63, 3.8) is 0 Å². The number of sulfone groups is 1. The topological polar surface area (TPSA) is 102 Å². The first-order chi connectivity index (χ1) is 9.79. The summed E-state index contributed by atoms with van der Waals surface area (Å²) in [5.41, 5.74) is -0.0314. The zero-order chi connectivity index (χ0) is 15.6. The van der Waals surface area contributed by atoms with Crippen molar-refractivity contribution in [1.29, 1.82) is 0 Å². The largest absolute Gasteiger partial charge is 0.478 e. The molecule has 0 spiro atoms. The Morgan fingerprint density at radius 3 is 2.38 bits per heavy atom. The molecule has 1 heterocycles. The summed E-state index contributed by atoms with van der Waals surface area (Å²) in [5.74, 6) is -1.12. The van der Waals surface area contributed by atoms with E-state index in [1.54, 1.807) is 0 Å². The lowest BCUT2D eigenvalue weighted by Gasteiger charge is -2.03. The second-order valence-electron chi connectivity index (χ2n) is 4.30. The maximum atomic E-state index is 12.2. The number of carboxylic acid groups (broad SMARTS) is 1. The van der Waals surface area contributed by atoms with Crippen molar-refractivity contribution in [2.24, 2.45) is 0 Å². The second kappa shape index (κ2) is 5.82. The van der Waals surface area contributed by atoms with Gasteiger partial charge in [0.05, 0.1) is 27.7 Å². The maximum absolute atomic E-state index is 12.2. The van der Waals surface area contributed by atoms with Gasteiger partial charge in [0.15, 0.2) is 9.84 Å². The molecule has 0 bridgehead atoms. The molecule has 0 amide bonds. The molecule has 0 saturated carbocycles. The summed E-state index contributed by atoms with van der Waals surface area (Å²) in [6, 6.07) is 6.90. The van der Waals surface area contributed by atoms with Gasteiger partial charge in [-0.05, 0) is 30.3 Å². The van der Waals surface area contributed by atoms with Gasteiger partial charge in [-0.2, -0.15) is 0 Å². The van der Waals surface area contributed by atoms with E-state index in [0.717, 1.165) is 6.26 Å². The standard InChI is InChI=1S/C13H12O6S2/c1-21(17,18)10-4-2-9(3-5-10)20(16)8-12-11(13(14)15)6-7-19-12/h2-7H,8H2,1H3,(H,14,15). The molecule has 0 aliphatic heterocycles. The lowest BCUT2D eigenvalue weighted by Crippen LogP contribution is -2.03. The molecule has 2 aromatic rings. The third-order valence-electron chi connectivity index (χ3n) is 2.75. The number of furan rings is 1. The Hall–Kier alpha value is -1.93. The molecular weight excluding hydrogens is 316 g/mol. The summed E-state index contributed by atoms with van der Waals surface area (Å²) in [5, 5.41) is 8.94. The normalized spacial score (nSPS) is 13.0. The van der Waals surface area contributed by atoms with Gasteiger partial charge >= 0.3 is 5.97 Å². The van der Waals surface area contributed by atoms with Crippen molar-refractivity contribution < 1.29 is 26.9 Å². The van der Waals surface area contributed by atoms with Gasteiger partial charge < -0.3 is 9.52 Å². The van der Waals surface area contributed by atoms with Crippen molar-refractivity contribution in [2.75, 3.05) is 6.26 Å². The fourth-order valence-electron chi connectivity index (χ4n) is 1.68. The molecule has 8 heteroatoms. The van der Waals surface area contributed by atoms with E-state index in [9.17, 15) is 17.4 Å². The van der Waals surface area contributed by atoms with Crippen molar-refractivity contribution in [1.82, 2.24) is 0 Å². The van der Waals surface area contributed by atoms with Gasteiger partial charge in [-0.25, -0.2) is 13.2 Å². The van der Waals surface area contributed by atoms with Crippen LogP contribution in [0.2, 0.25) is 0 Å². The third kappa shape index (κ3) is 3.59. The number of benzene rings is 1. The molecule has 112 valence electrons. The van der Waals surface area contributed by atoms with Gasteiger partial charge in [0.1, 0.15) is 11.3 Å². The van der Waals surface area contributed by atoms with Crippen LogP contribution in [0.15, 0.2) is 50.8 Å². The van der Waals surface area contributed by atoms with Gasteiger partial charge in [0.25, 0.3) is 0 Å². The first kappa shape index (κ1) is 15.5. The zero-order valence-corrected chi connectivity index (χ0v) is 12.6. The van der Waals surface area contributed by atoms with E-state index in [-0.39, 0.29) is 22.0 Å². The Bertz CT molecular complexity index is 786. The monoisotopic (exact) mass is 328 g/mol. The van der Waals surface area contributed by atoms with Crippen LogP contribution in [0.4, 0.5) is 0 Å². The molecule has 0 aliphatic rings. The van der Waals surface area contributed by atoms with E-state index >= 15 is 0 Å². The number of rotatable bonds is 5. The molecule has 1 unspecified atom stereocenters. The Labute approximate surface area is 123 Å². The summed E-state index contributed by atoms with van der Waals surface area (Å²) in [6.07, 6.45) is 2.31. The third-order valence-corrected chi connectivity index (χ3v) is 5.20. The van der Waals surface area contributed by atoms with Crippen molar-refractivity contribution in [3.05, 3.63) is 47.9 Å². The number of hydrogen-bond acceptors (Lipinski definition) is 5. The van der Waals surface area contributed by atoms with Gasteiger partial charge in [0.2, 0.25) is 0 Å². The summed E-state index contributed by atoms with van der Waals surface area (Å²) < 4.78 is 39.9. The first-order valence-electron chi connectivity index (χ1n) is 5.77. The van der Waals surface area contributed by atoms with E-state index in [1.165, 1.54) is 36.6 Å². The number of carbonyl (C=O) groups is 1. The van der Waals surface area contributed by atoms with Crippen molar-refractivity contribution in [2.45, 2.75) is 15.5 Å². The van der Waals surface area contributed by atoms with Gasteiger partial charge in [0, 0.05) is 11.2 Å². The zero-order valence-electron chi connectivity index (χ0n) is 11.0. The smallest absolute Gasteiger partial charge is 0.339 e. The average molecular weight is 328 g/mol. The molecule has 1 N–H and O–H groups in total. The summed E-state index contributed by atoms with van der Waals surface area (Å²) in [6.45, 7) is 0. The van der Waals surface area contributed by atoms with Gasteiger partial charge in [-0.15, -0.1) is 0 Å². The summed E-state index contributed by atoms with van der Waals surface area (Å²) in [7, 11) is -4.83. The number of carboxylic acids is 1. The molecule has 6 nitrogen and oxygen atoms in total. The van der Waals surface area contributed by atoms with Crippen LogP contribution in [-0.2, 0) is 26.4 Å². The molecule has 0 aliphatic carbocycles. The minimum absolute atomic E-state index is 0.0314. The van der Waals surface area contributed by atoms with Crippen LogP contribution in [0, 0.1) is 0 Å². The molecule has 21 heavy (non-hydrogen) atoms. The average Bonchev–Trinajstić information content (AvgIpc) is 2.86. The highest BCUT2D eigenvalue weighted by Crippen LogP contribution is 2.18. The predicted octanol–water partition coefficient (Wildman–Crippen LogP) is 1.69. The molecule has 2 rings (SSSR count). The Morgan fingerprint density at radius 1 is 1.24 bits per heavy atom. The molecule has 0 fully saturated rings. The Kier molecular flexibility index (Phi) is 4.29. The van der Waals surface area contributed by atoms with E-state index in [1.807, 2.05) is 0 Å². The maximum Gasteiger partial charge on any atom is 0.339 e. The molecule has 1 aromatic carbocycles. The molecule has 0 saturated heterocycles. The van der Waals surface area contributed by atoms with E-state index in [2.05, 4.69) is 0 Å². The molecule has 1 atom stereocenters. The van der Waals surface area contributed by atoms with Crippen LogP contribution in [0.25, 0.3) is 0 Å². The van der Waals surface area contributed by atoms with Gasteiger partial charge in [-0.1, -0.05) is 0 Å². The Morgan fingerprint density at radius 2 is 1.86 bits per heavy atom.